The molecule has 2 aromatic carbocycles. The molecule has 0 fully saturated rings. The van der Waals surface area contributed by atoms with Crippen molar-refractivity contribution in [2.75, 3.05) is 12.4 Å². The standard InChI is InChI=1S/C19H13Cl2N3O4/c1-28-19(27)12-2-6-13(7-3-12)23-17(25)11-4-8-14(9-5-11)24-18(26)16(21)15(20)10-22-24/h2-10H,1H3,(H,23,25). The summed E-state index contributed by atoms with van der Waals surface area (Å²) < 4.78 is 5.71. The molecular formula is C19H13Cl2N3O4. The summed E-state index contributed by atoms with van der Waals surface area (Å²) in [6.07, 6.45) is 1.27. The van der Waals surface area contributed by atoms with E-state index in [9.17, 15) is 14.4 Å². The lowest BCUT2D eigenvalue weighted by atomic mass is 10.1. The van der Waals surface area contributed by atoms with Crippen LogP contribution in [0.1, 0.15) is 20.7 Å². The number of halogens is 2. The van der Waals surface area contributed by atoms with E-state index in [0.29, 0.717) is 22.5 Å². The molecule has 0 aliphatic heterocycles. The van der Waals surface area contributed by atoms with Gasteiger partial charge in [-0.25, -0.2) is 4.79 Å². The molecule has 7 nitrogen and oxygen atoms in total. The maximum atomic E-state index is 12.4. The van der Waals surface area contributed by atoms with Gasteiger partial charge in [0.2, 0.25) is 0 Å². The lowest BCUT2D eigenvalue weighted by Crippen LogP contribution is -2.21. The predicted molar refractivity (Wildman–Crippen MR) is 106 cm³/mol. The van der Waals surface area contributed by atoms with E-state index in [1.54, 1.807) is 48.5 Å². The molecule has 0 aliphatic rings. The Balaban J connectivity index is 1.76. The number of hydrogen-bond donors (Lipinski definition) is 1. The topological polar surface area (TPSA) is 90.3 Å². The number of carbonyl (C=O) groups is 2. The average Bonchev–Trinajstić information content (AvgIpc) is 2.72. The van der Waals surface area contributed by atoms with Gasteiger partial charge < -0.3 is 10.1 Å². The number of carbonyl (C=O) groups excluding carboxylic acids is 2. The van der Waals surface area contributed by atoms with E-state index in [2.05, 4.69) is 15.2 Å². The van der Waals surface area contributed by atoms with Crippen LogP contribution >= 0.6 is 23.2 Å². The second-order valence-electron chi connectivity index (χ2n) is 5.59. The Labute approximate surface area is 169 Å². The van der Waals surface area contributed by atoms with Gasteiger partial charge in [-0.3, -0.25) is 9.59 Å². The third kappa shape index (κ3) is 4.05. The van der Waals surface area contributed by atoms with Crippen molar-refractivity contribution in [2.24, 2.45) is 0 Å². The first-order valence-corrected chi connectivity index (χ1v) is 8.70. The number of methoxy groups -OCH3 is 1. The largest absolute Gasteiger partial charge is 0.465 e. The molecule has 9 heteroatoms. The minimum Gasteiger partial charge on any atom is -0.465 e. The first kappa shape index (κ1) is 19.6. The number of amides is 1. The smallest absolute Gasteiger partial charge is 0.337 e. The van der Waals surface area contributed by atoms with Gasteiger partial charge in [-0.2, -0.15) is 9.78 Å². The van der Waals surface area contributed by atoms with Crippen LogP contribution in [-0.4, -0.2) is 28.8 Å². The number of nitrogens with zero attached hydrogens (tertiary/aromatic N) is 2. The Morgan fingerprint density at radius 2 is 1.61 bits per heavy atom. The van der Waals surface area contributed by atoms with Crippen molar-refractivity contribution >= 4 is 40.8 Å². The van der Waals surface area contributed by atoms with Gasteiger partial charge in [0.05, 0.1) is 29.6 Å². The van der Waals surface area contributed by atoms with Gasteiger partial charge in [0, 0.05) is 11.3 Å². The summed E-state index contributed by atoms with van der Waals surface area (Å²) in [5.74, 6) is -0.813. The second kappa shape index (κ2) is 8.24. The Bertz CT molecular complexity index is 1090. The maximum absolute atomic E-state index is 12.4. The van der Waals surface area contributed by atoms with E-state index in [1.807, 2.05) is 0 Å². The molecule has 0 saturated heterocycles. The van der Waals surface area contributed by atoms with Crippen LogP contribution in [0.4, 0.5) is 5.69 Å². The highest BCUT2D eigenvalue weighted by Crippen LogP contribution is 2.17. The number of esters is 1. The highest BCUT2D eigenvalue weighted by Gasteiger charge is 2.11. The molecule has 0 saturated carbocycles. The van der Waals surface area contributed by atoms with E-state index in [-0.39, 0.29) is 16.0 Å². The summed E-state index contributed by atoms with van der Waals surface area (Å²) in [5, 5.41) is 6.58. The fourth-order valence-electron chi connectivity index (χ4n) is 2.36. The van der Waals surface area contributed by atoms with Crippen molar-refractivity contribution in [2.45, 2.75) is 0 Å². The number of aromatic nitrogens is 2. The molecule has 1 amide bonds. The van der Waals surface area contributed by atoms with Crippen LogP contribution in [0, 0.1) is 0 Å². The van der Waals surface area contributed by atoms with Gasteiger partial charge in [-0.05, 0) is 48.5 Å². The van der Waals surface area contributed by atoms with Crippen LogP contribution in [0.5, 0.6) is 0 Å². The second-order valence-corrected chi connectivity index (χ2v) is 6.38. The summed E-state index contributed by atoms with van der Waals surface area (Å²) in [6, 6.07) is 12.5. The lowest BCUT2D eigenvalue weighted by Gasteiger charge is -2.08. The Hall–Kier alpha value is -3.16. The third-order valence-electron chi connectivity index (χ3n) is 3.81. The summed E-state index contributed by atoms with van der Waals surface area (Å²) in [4.78, 5) is 35.9. The molecule has 0 aliphatic carbocycles. The molecule has 0 spiro atoms. The number of anilines is 1. The molecule has 0 bridgehead atoms. The Morgan fingerprint density at radius 3 is 2.21 bits per heavy atom. The monoisotopic (exact) mass is 417 g/mol. The number of benzene rings is 2. The van der Waals surface area contributed by atoms with Crippen LogP contribution in [0.3, 0.4) is 0 Å². The minimum atomic E-state index is -0.558. The fourth-order valence-corrected chi connectivity index (χ4v) is 2.61. The van der Waals surface area contributed by atoms with Gasteiger partial charge >= 0.3 is 5.97 Å². The quantitative estimate of drug-likeness (QED) is 0.655. The SMILES string of the molecule is COC(=O)c1ccc(NC(=O)c2ccc(-n3ncc(Cl)c(Cl)c3=O)cc2)cc1. The highest BCUT2D eigenvalue weighted by atomic mass is 35.5. The summed E-state index contributed by atoms with van der Waals surface area (Å²) in [7, 11) is 1.29. The number of nitrogens with one attached hydrogen (secondary N) is 1. The zero-order chi connectivity index (χ0) is 20.3. The molecule has 3 rings (SSSR count). The number of rotatable bonds is 4. The first-order chi connectivity index (χ1) is 13.4. The minimum absolute atomic E-state index is 0.0668. The van der Waals surface area contributed by atoms with Crippen LogP contribution in [-0.2, 0) is 4.74 Å². The van der Waals surface area contributed by atoms with Crippen molar-refractivity contribution in [1.29, 1.82) is 0 Å². The van der Waals surface area contributed by atoms with Crippen molar-refractivity contribution in [3.05, 3.63) is 86.3 Å². The predicted octanol–water partition coefficient (Wildman–Crippen LogP) is 3.58. The molecular weight excluding hydrogens is 405 g/mol. The van der Waals surface area contributed by atoms with Crippen LogP contribution in [0.15, 0.2) is 59.5 Å². The molecule has 1 heterocycles. The third-order valence-corrected chi connectivity index (χ3v) is 4.56. The fraction of sp³-hybridized carbons (Fsp3) is 0.0526. The van der Waals surface area contributed by atoms with Crippen molar-refractivity contribution < 1.29 is 14.3 Å². The van der Waals surface area contributed by atoms with Gasteiger partial charge in [-0.15, -0.1) is 0 Å². The Morgan fingerprint density at radius 1 is 1.00 bits per heavy atom. The van der Waals surface area contributed by atoms with Crippen LogP contribution < -0.4 is 10.9 Å². The van der Waals surface area contributed by atoms with Gasteiger partial charge in [0.15, 0.2) is 0 Å². The van der Waals surface area contributed by atoms with E-state index < -0.39 is 11.5 Å². The van der Waals surface area contributed by atoms with Gasteiger partial charge in [-0.1, -0.05) is 23.2 Å². The zero-order valence-electron chi connectivity index (χ0n) is 14.5. The van der Waals surface area contributed by atoms with E-state index >= 15 is 0 Å². The summed E-state index contributed by atoms with van der Waals surface area (Å²) >= 11 is 11.6. The number of ether oxygens (including phenoxy) is 1. The molecule has 0 atom stereocenters. The van der Waals surface area contributed by atoms with Crippen LogP contribution in [0.2, 0.25) is 10.0 Å². The lowest BCUT2D eigenvalue weighted by molar-refractivity contribution is 0.0600. The maximum Gasteiger partial charge on any atom is 0.337 e. The van der Waals surface area contributed by atoms with Crippen molar-refractivity contribution in [3.8, 4) is 5.69 Å². The normalized spacial score (nSPS) is 10.4. The van der Waals surface area contributed by atoms with Crippen LogP contribution in [0.25, 0.3) is 5.69 Å². The molecule has 1 N–H and O–H groups in total. The summed E-state index contributed by atoms with van der Waals surface area (Å²) in [6.45, 7) is 0. The summed E-state index contributed by atoms with van der Waals surface area (Å²) in [5.41, 5.74) is 1.14. The molecule has 3 aromatic rings. The van der Waals surface area contributed by atoms with E-state index in [1.165, 1.54) is 13.3 Å². The molecule has 28 heavy (non-hydrogen) atoms. The van der Waals surface area contributed by atoms with Crippen molar-refractivity contribution in [3.63, 3.8) is 0 Å². The van der Waals surface area contributed by atoms with Crippen molar-refractivity contribution in [1.82, 2.24) is 9.78 Å². The van der Waals surface area contributed by atoms with Gasteiger partial charge in [0.25, 0.3) is 11.5 Å². The zero-order valence-corrected chi connectivity index (χ0v) is 16.0. The average molecular weight is 418 g/mol. The highest BCUT2D eigenvalue weighted by molar-refractivity contribution is 6.41. The molecule has 0 radical (unpaired) electrons. The molecule has 1 aromatic heterocycles. The first-order valence-electron chi connectivity index (χ1n) is 7.94. The van der Waals surface area contributed by atoms with E-state index in [0.717, 1.165) is 4.68 Å². The molecule has 142 valence electrons. The molecule has 0 unspecified atom stereocenters. The Kier molecular flexibility index (Phi) is 5.77. The number of hydrogen-bond acceptors (Lipinski definition) is 5. The van der Waals surface area contributed by atoms with Gasteiger partial charge in [0.1, 0.15) is 5.02 Å². The van der Waals surface area contributed by atoms with E-state index in [4.69, 9.17) is 23.2 Å².